The minimum atomic E-state index is 0.602. The van der Waals surface area contributed by atoms with Crippen LogP contribution in [0, 0.1) is 0 Å². The highest BCUT2D eigenvalue weighted by Gasteiger charge is 1.99. The molecule has 0 saturated heterocycles. The molecule has 3 heteroatoms. The molecule has 0 atom stereocenters. The number of hydrogen-bond donors (Lipinski definition) is 1. The first-order valence-corrected chi connectivity index (χ1v) is 6.06. The minimum absolute atomic E-state index is 0.602. The minimum Gasteiger partial charge on any atom is -0.324 e. The zero-order chi connectivity index (χ0) is 13.1. The second kappa shape index (κ2) is 4.90. The van der Waals surface area contributed by atoms with Crippen LogP contribution in [-0.4, -0.2) is 9.97 Å². The van der Waals surface area contributed by atoms with Crippen LogP contribution in [0.15, 0.2) is 61.3 Å². The first-order valence-electron chi connectivity index (χ1n) is 6.06. The van der Waals surface area contributed by atoms with Gasteiger partial charge in [-0.1, -0.05) is 43.0 Å². The maximum Gasteiger partial charge on any atom is 0.227 e. The van der Waals surface area contributed by atoms with Crippen LogP contribution in [0.5, 0.6) is 0 Å². The van der Waals surface area contributed by atoms with E-state index >= 15 is 0 Å². The first kappa shape index (κ1) is 11.4. The van der Waals surface area contributed by atoms with Gasteiger partial charge in [0.05, 0.1) is 5.52 Å². The van der Waals surface area contributed by atoms with Gasteiger partial charge in [0.2, 0.25) is 5.95 Å². The Morgan fingerprint density at radius 1 is 1.00 bits per heavy atom. The molecular weight excluding hydrogens is 234 g/mol. The van der Waals surface area contributed by atoms with Gasteiger partial charge in [-0.2, -0.15) is 0 Å². The van der Waals surface area contributed by atoms with Crippen LogP contribution >= 0.6 is 0 Å². The average Bonchev–Trinajstić information content (AvgIpc) is 2.48. The molecule has 0 amide bonds. The molecule has 0 aliphatic heterocycles. The number of nitrogens with zero attached hydrogens (tertiary/aromatic N) is 2. The maximum atomic E-state index is 4.47. The van der Waals surface area contributed by atoms with Gasteiger partial charge in [0.25, 0.3) is 0 Å². The number of fused-ring (bicyclic) bond motifs is 1. The Bertz CT molecular complexity index is 717. The van der Waals surface area contributed by atoms with Crippen molar-refractivity contribution in [2.75, 3.05) is 5.32 Å². The van der Waals surface area contributed by atoms with Crippen LogP contribution < -0.4 is 5.32 Å². The summed E-state index contributed by atoms with van der Waals surface area (Å²) in [4.78, 5) is 8.77. The Morgan fingerprint density at radius 3 is 2.58 bits per heavy atom. The maximum absolute atomic E-state index is 4.47. The third-order valence-electron chi connectivity index (χ3n) is 2.89. The number of rotatable bonds is 3. The zero-order valence-corrected chi connectivity index (χ0v) is 10.4. The summed E-state index contributed by atoms with van der Waals surface area (Å²) < 4.78 is 0. The number of hydrogen-bond acceptors (Lipinski definition) is 3. The van der Waals surface area contributed by atoms with Crippen molar-refractivity contribution < 1.29 is 0 Å². The van der Waals surface area contributed by atoms with Gasteiger partial charge in [0, 0.05) is 17.3 Å². The fourth-order valence-electron chi connectivity index (χ4n) is 1.86. The fourth-order valence-corrected chi connectivity index (χ4v) is 1.86. The van der Waals surface area contributed by atoms with Gasteiger partial charge in [0.15, 0.2) is 0 Å². The third kappa shape index (κ3) is 2.45. The monoisotopic (exact) mass is 247 g/mol. The van der Waals surface area contributed by atoms with Crippen molar-refractivity contribution in [2.45, 2.75) is 0 Å². The summed E-state index contributed by atoms with van der Waals surface area (Å²) in [7, 11) is 0. The number of nitrogens with one attached hydrogen (secondary N) is 1. The van der Waals surface area contributed by atoms with Crippen LogP contribution in [-0.2, 0) is 0 Å². The molecule has 1 heterocycles. The van der Waals surface area contributed by atoms with Gasteiger partial charge in [-0.25, -0.2) is 9.97 Å². The summed E-state index contributed by atoms with van der Waals surface area (Å²) >= 11 is 0. The Hall–Kier alpha value is -2.68. The van der Waals surface area contributed by atoms with E-state index in [-0.39, 0.29) is 0 Å². The zero-order valence-electron chi connectivity index (χ0n) is 10.4. The quantitative estimate of drug-likeness (QED) is 0.759. The normalized spacial score (nSPS) is 10.3. The number of aromatic nitrogens is 2. The van der Waals surface area contributed by atoms with Gasteiger partial charge in [0.1, 0.15) is 0 Å². The topological polar surface area (TPSA) is 37.8 Å². The van der Waals surface area contributed by atoms with Crippen LogP contribution in [0.25, 0.3) is 17.0 Å². The van der Waals surface area contributed by atoms with Crippen molar-refractivity contribution in [1.82, 2.24) is 9.97 Å². The van der Waals surface area contributed by atoms with Crippen LogP contribution in [0.3, 0.4) is 0 Å². The summed E-state index contributed by atoms with van der Waals surface area (Å²) in [5.74, 6) is 0.602. The molecule has 0 unspecified atom stereocenters. The highest BCUT2D eigenvalue weighted by Crippen LogP contribution is 2.17. The van der Waals surface area contributed by atoms with Crippen LogP contribution in [0.1, 0.15) is 5.56 Å². The lowest BCUT2D eigenvalue weighted by Crippen LogP contribution is -1.96. The molecule has 92 valence electrons. The smallest absolute Gasteiger partial charge is 0.227 e. The molecule has 0 fully saturated rings. The summed E-state index contributed by atoms with van der Waals surface area (Å²) in [6.45, 7) is 3.73. The fraction of sp³-hybridized carbons (Fsp3) is 0. The lowest BCUT2D eigenvalue weighted by molar-refractivity contribution is 1.21. The molecule has 1 N–H and O–H groups in total. The molecule has 3 nitrogen and oxygen atoms in total. The molecule has 0 aliphatic rings. The molecule has 0 saturated carbocycles. The summed E-state index contributed by atoms with van der Waals surface area (Å²) in [5.41, 5.74) is 2.98. The number of anilines is 2. The Kier molecular flexibility index (Phi) is 2.94. The standard InChI is InChI=1S/C16H13N3/c1-2-12-7-9-14(10-8-12)18-16-17-11-13-5-3-4-6-15(13)19-16/h2-11H,1H2,(H,17,18,19). The summed E-state index contributed by atoms with van der Waals surface area (Å²) in [6.07, 6.45) is 3.64. The van der Waals surface area contributed by atoms with Gasteiger partial charge in [-0.3, -0.25) is 0 Å². The average molecular weight is 247 g/mol. The SMILES string of the molecule is C=Cc1ccc(Nc2ncc3ccccc3n2)cc1. The van der Waals surface area contributed by atoms with E-state index in [4.69, 9.17) is 0 Å². The lowest BCUT2D eigenvalue weighted by atomic mass is 10.2. The molecule has 0 spiro atoms. The Morgan fingerprint density at radius 2 is 1.79 bits per heavy atom. The highest BCUT2D eigenvalue weighted by molar-refractivity contribution is 5.78. The Balaban J connectivity index is 1.89. The molecule has 3 aromatic rings. The van der Waals surface area contributed by atoms with Crippen LogP contribution in [0.4, 0.5) is 11.6 Å². The molecule has 1 aromatic heterocycles. The van der Waals surface area contributed by atoms with Crippen molar-refractivity contribution in [3.05, 3.63) is 66.9 Å². The van der Waals surface area contributed by atoms with E-state index in [1.165, 1.54) is 0 Å². The molecule has 19 heavy (non-hydrogen) atoms. The van der Waals surface area contributed by atoms with E-state index in [2.05, 4.69) is 21.9 Å². The number of benzene rings is 2. The number of para-hydroxylation sites is 1. The lowest BCUT2D eigenvalue weighted by Gasteiger charge is -2.05. The molecule has 0 bridgehead atoms. The van der Waals surface area contributed by atoms with Crippen molar-refractivity contribution >= 4 is 28.6 Å². The molecule has 0 radical (unpaired) electrons. The van der Waals surface area contributed by atoms with Crippen molar-refractivity contribution in [3.63, 3.8) is 0 Å². The van der Waals surface area contributed by atoms with Crippen molar-refractivity contribution in [3.8, 4) is 0 Å². The van der Waals surface area contributed by atoms with E-state index in [1.807, 2.05) is 60.8 Å². The molecule has 0 aliphatic carbocycles. The van der Waals surface area contributed by atoms with E-state index in [0.717, 1.165) is 22.2 Å². The van der Waals surface area contributed by atoms with E-state index in [9.17, 15) is 0 Å². The second-order valence-electron chi connectivity index (χ2n) is 4.20. The van der Waals surface area contributed by atoms with Gasteiger partial charge >= 0.3 is 0 Å². The predicted octanol–water partition coefficient (Wildman–Crippen LogP) is 4.02. The van der Waals surface area contributed by atoms with E-state index in [1.54, 1.807) is 0 Å². The molecule has 2 aromatic carbocycles. The summed E-state index contributed by atoms with van der Waals surface area (Å²) in [5, 5.41) is 4.23. The molecular formula is C16H13N3. The first-order chi connectivity index (χ1) is 9.35. The van der Waals surface area contributed by atoms with E-state index < -0.39 is 0 Å². The van der Waals surface area contributed by atoms with Crippen molar-refractivity contribution in [2.24, 2.45) is 0 Å². The van der Waals surface area contributed by atoms with Gasteiger partial charge in [-0.15, -0.1) is 0 Å². The van der Waals surface area contributed by atoms with Crippen LogP contribution in [0.2, 0.25) is 0 Å². The summed E-state index contributed by atoms with van der Waals surface area (Å²) in [6, 6.07) is 15.9. The largest absolute Gasteiger partial charge is 0.324 e. The van der Waals surface area contributed by atoms with E-state index in [0.29, 0.717) is 5.95 Å². The highest BCUT2D eigenvalue weighted by atomic mass is 15.1. The predicted molar refractivity (Wildman–Crippen MR) is 79.4 cm³/mol. The van der Waals surface area contributed by atoms with Gasteiger partial charge in [-0.05, 0) is 23.8 Å². The van der Waals surface area contributed by atoms with Crippen molar-refractivity contribution in [1.29, 1.82) is 0 Å². The third-order valence-corrected chi connectivity index (χ3v) is 2.89. The van der Waals surface area contributed by atoms with Gasteiger partial charge < -0.3 is 5.32 Å². The Labute approximate surface area is 111 Å². The second-order valence-corrected chi connectivity index (χ2v) is 4.20. The molecule has 3 rings (SSSR count).